The number of nitrogens with zero attached hydrogens (tertiary/aromatic N) is 1. The molecule has 0 saturated heterocycles. The minimum absolute atomic E-state index is 0.225. The first kappa shape index (κ1) is 11.7. The Morgan fingerprint density at radius 3 is 2.59 bits per heavy atom. The highest BCUT2D eigenvalue weighted by Gasteiger charge is 2.19. The Labute approximate surface area is 102 Å². The first-order chi connectivity index (χ1) is 8.02. The molecule has 0 fully saturated rings. The normalized spacial score (nSPS) is 10.5. The molecule has 1 heterocycles. The molecule has 0 N–H and O–H groups in total. The Bertz CT molecular complexity index is 639. The summed E-state index contributed by atoms with van der Waals surface area (Å²) in [6.07, 6.45) is 0. The molecule has 0 radical (unpaired) electrons. The van der Waals surface area contributed by atoms with Crippen LogP contribution >= 0.6 is 11.6 Å². The van der Waals surface area contributed by atoms with Crippen LogP contribution in [0.2, 0.25) is 5.02 Å². The molecule has 2 aromatic rings. The van der Waals surface area contributed by atoms with Gasteiger partial charge in [0.05, 0.1) is 10.7 Å². The van der Waals surface area contributed by atoms with Gasteiger partial charge in [-0.05, 0) is 19.1 Å². The topological polar surface area (TPSA) is 52.2 Å². The predicted molar refractivity (Wildman–Crippen MR) is 64.1 cm³/mol. The van der Waals surface area contributed by atoms with Crippen LogP contribution in [0.4, 0.5) is 0 Å². The fraction of sp³-hybridized carbons (Fsp3) is 0.167. The third-order valence-electron chi connectivity index (χ3n) is 2.41. The van der Waals surface area contributed by atoms with Crippen LogP contribution in [0.5, 0.6) is 0 Å². The van der Waals surface area contributed by atoms with E-state index in [1.807, 2.05) is 0 Å². The van der Waals surface area contributed by atoms with E-state index in [0.29, 0.717) is 16.5 Å². The molecule has 0 bridgehead atoms. The van der Waals surface area contributed by atoms with Gasteiger partial charge in [0.25, 0.3) is 0 Å². The summed E-state index contributed by atoms with van der Waals surface area (Å²) in [5.74, 6) is -0.559. The van der Waals surface area contributed by atoms with E-state index >= 15 is 0 Å². The van der Waals surface area contributed by atoms with E-state index < -0.39 is 5.76 Å². The molecule has 88 valence electrons. The Hall–Kier alpha value is -1.81. The van der Waals surface area contributed by atoms with E-state index in [1.165, 1.54) is 11.5 Å². The molecule has 0 atom stereocenters. The van der Waals surface area contributed by atoms with E-state index in [1.54, 1.807) is 31.2 Å². The van der Waals surface area contributed by atoms with Gasteiger partial charge in [-0.1, -0.05) is 23.7 Å². The number of halogens is 1. The minimum atomic E-state index is -0.610. The van der Waals surface area contributed by atoms with Gasteiger partial charge in [0.2, 0.25) is 0 Å². The molecule has 4 nitrogen and oxygen atoms in total. The number of Topliss-reactive ketones (excluding diaryl/α,β-unsaturated/α-hetero) is 1. The van der Waals surface area contributed by atoms with Gasteiger partial charge in [-0.15, -0.1) is 0 Å². The predicted octanol–water partition coefficient (Wildman–Crippen LogP) is 2.59. The second kappa shape index (κ2) is 4.22. The number of aryl methyl sites for hydroxylation is 1. The van der Waals surface area contributed by atoms with Gasteiger partial charge in [-0.25, -0.2) is 9.36 Å². The van der Waals surface area contributed by atoms with E-state index in [4.69, 9.17) is 16.0 Å². The zero-order valence-corrected chi connectivity index (χ0v) is 10.1. The van der Waals surface area contributed by atoms with E-state index in [-0.39, 0.29) is 11.5 Å². The maximum absolute atomic E-state index is 11.7. The summed E-state index contributed by atoms with van der Waals surface area (Å²) >= 11 is 6.00. The molecule has 5 heteroatoms. The first-order valence-corrected chi connectivity index (χ1v) is 5.38. The van der Waals surface area contributed by atoms with Crippen LogP contribution in [0.25, 0.3) is 5.69 Å². The standard InChI is InChI=1S/C12H10ClNO3/c1-7(15)11-8(2)17-12(16)14(11)10-6-4-3-5-9(10)13/h3-6H,1-2H3. The van der Waals surface area contributed by atoms with Crippen molar-refractivity contribution in [2.24, 2.45) is 0 Å². The van der Waals surface area contributed by atoms with Crippen molar-refractivity contribution in [2.45, 2.75) is 13.8 Å². The fourth-order valence-corrected chi connectivity index (χ4v) is 1.95. The monoisotopic (exact) mass is 251 g/mol. The van der Waals surface area contributed by atoms with E-state index in [2.05, 4.69) is 0 Å². The maximum atomic E-state index is 11.7. The van der Waals surface area contributed by atoms with Crippen LogP contribution in [-0.2, 0) is 0 Å². The number of benzene rings is 1. The number of carbonyl (C=O) groups excluding carboxylic acids is 1. The molecular weight excluding hydrogens is 242 g/mol. The molecule has 0 aliphatic heterocycles. The second-order valence-electron chi connectivity index (χ2n) is 3.62. The van der Waals surface area contributed by atoms with Gasteiger partial charge in [-0.3, -0.25) is 4.79 Å². The summed E-state index contributed by atoms with van der Waals surface area (Å²) < 4.78 is 6.14. The van der Waals surface area contributed by atoms with Crippen LogP contribution in [0.15, 0.2) is 33.5 Å². The van der Waals surface area contributed by atoms with Gasteiger partial charge < -0.3 is 4.42 Å². The van der Waals surface area contributed by atoms with Crippen molar-refractivity contribution >= 4 is 17.4 Å². The van der Waals surface area contributed by atoms with Crippen molar-refractivity contribution in [1.29, 1.82) is 0 Å². The Morgan fingerprint density at radius 1 is 1.35 bits per heavy atom. The van der Waals surface area contributed by atoms with Crippen molar-refractivity contribution in [3.05, 3.63) is 51.3 Å². The van der Waals surface area contributed by atoms with Crippen molar-refractivity contribution in [1.82, 2.24) is 4.57 Å². The van der Waals surface area contributed by atoms with Gasteiger partial charge in [0.1, 0.15) is 11.5 Å². The Kier molecular flexibility index (Phi) is 2.90. The molecule has 0 spiro atoms. The minimum Gasteiger partial charge on any atom is -0.412 e. The summed E-state index contributed by atoms with van der Waals surface area (Å²) in [7, 11) is 0. The molecule has 2 rings (SSSR count). The van der Waals surface area contributed by atoms with Crippen LogP contribution in [0.3, 0.4) is 0 Å². The van der Waals surface area contributed by atoms with Gasteiger partial charge in [0, 0.05) is 6.92 Å². The molecule has 0 aliphatic rings. The van der Waals surface area contributed by atoms with Crippen molar-refractivity contribution in [3.8, 4) is 5.69 Å². The molecule has 0 aliphatic carbocycles. The second-order valence-corrected chi connectivity index (χ2v) is 4.02. The number of oxazole rings is 1. The highest BCUT2D eigenvalue weighted by Crippen LogP contribution is 2.21. The molecule has 0 unspecified atom stereocenters. The zero-order chi connectivity index (χ0) is 12.6. The highest BCUT2D eigenvalue weighted by molar-refractivity contribution is 6.32. The zero-order valence-electron chi connectivity index (χ0n) is 9.36. The smallest absolute Gasteiger partial charge is 0.412 e. The summed E-state index contributed by atoms with van der Waals surface area (Å²) in [6.45, 7) is 2.95. The molecule has 0 saturated carbocycles. The molecule has 1 aromatic heterocycles. The van der Waals surface area contributed by atoms with Crippen molar-refractivity contribution in [2.75, 3.05) is 0 Å². The molecular formula is C12H10ClNO3. The van der Waals surface area contributed by atoms with Gasteiger partial charge in [0.15, 0.2) is 5.78 Å². The summed E-state index contributed by atoms with van der Waals surface area (Å²) in [4.78, 5) is 23.2. The van der Waals surface area contributed by atoms with Crippen LogP contribution in [0.1, 0.15) is 23.2 Å². The third kappa shape index (κ3) is 1.91. The Balaban J connectivity index is 2.81. The number of para-hydroxylation sites is 1. The maximum Gasteiger partial charge on any atom is 0.424 e. The molecule has 1 aromatic carbocycles. The lowest BCUT2D eigenvalue weighted by Gasteiger charge is -2.05. The number of rotatable bonds is 2. The van der Waals surface area contributed by atoms with E-state index in [0.717, 1.165) is 0 Å². The van der Waals surface area contributed by atoms with Gasteiger partial charge >= 0.3 is 5.76 Å². The number of ketones is 1. The van der Waals surface area contributed by atoms with Crippen LogP contribution in [0, 0.1) is 6.92 Å². The number of hydrogen-bond acceptors (Lipinski definition) is 3. The lowest BCUT2D eigenvalue weighted by molar-refractivity contribution is 0.101. The number of aromatic nitrogens is 1. The van der Waals surface area contributed by atoms with E-state index in [9.17, 15) is 9.59 Å². The largest absolute Gasteiger partial charge is 0.424 e. The van der Waals surface area contributed by atoms with Gasteiger partial charge in [-0.2, -0.15) is 0 Å². The third-order valence-corrected chi connectivity index (χ3v) is 2.73. The number of carbonyl (C=O) groups is 1. The van der Waals surface area contributed by atoms with Crippen LogP contribution < -0.4 is 5.76 Å². The summed E-state index contributed by atoms with van der Waals surface area (Å²) in [5, 5.41) is 0.387. The van der Waals surface area contributed by atoms with Crippen LogP contribution in [-0.4, -0.2) is 10.4 Å². The Morgan fingerprint density at radius 2 is 2.00 bits per heavy atom. The SMILES string of the molecule is CC(=O)c1c(C)oc(=O)n1-c1ccccc1Cl. The fourth-order valence-electron chi connectivity index (χ4n) is 1.73. The quantitative estimate of drug-likeness (QED) is 0.771. The number of hydrogen-bond donors (Lipinski definition) is 0. The summed E-state index contributed by atoms with van der Waals surface area (Å²) in [6, 6.07) is 6.79. The molecule has 17 heavy (non-hydrogen) atoms. The van der Waals surface area contributed by atoms with Crippen molar-refractivity contribution in [3.63, 3.8) is 0 Å². The average Bonchev–Trinajstić information content (AvgIpc) is 2.54. The molecule has 0 amide bonds. The first-order valence-electron chi connectivity index (χ1n) is 5.00. The lowest BCUT2D eigenvalue weighted by Crippen LogP contribution is -2.17. The van der Waals surface area contributed by atoms with Crippen molar-refractivity contribution < 1.29 is 9.21 Å². The highest BCUT2D eigenvalue weighted by atomic mass is 35.5. The average molecular weight is 252 g/mol. The summed E-state index contributed by atoms with van der Waals surface area (Å²) in [5.41, 5.74) is 0.671. The lowest BCUT2D eigenvalue weighted by atomic mass is 10.2.